The molecule has 0 aliphatic heterocycles. The maximum Gasteiger partial charge on any atom is 0.251 e. The maximum absolute atomic E-state index is 11.9. The minimum Gasteiger partial charge on any atom is -0.370 e. The van der Waals surface area contributed by atoms with E-state index in [0.29, 0.717) is 11.3 Å². The Morgan fingerprint density at radius 1 is 1.14 bits per heavy atom. The fraction of sp³-hybridized carbons (Fsp3) is 0.231. The van der Waals surface area contributed by atoms with Crippen LogP contribution in [0.3, 0.4) is 0 Å². The van der Waals surface area contributed by atoms with Crippen LogP contribution in [0.1, 0.15) is 17.3 Å². The summed E-state index contributed by atoms with van der Waals surface area (Å²) in [6.07, 6.45) is 0. The summed E-state index contributed by atoms with van der Waals surface area (Å²) in [5.41, 5.74) is 11.3. The molecule has 0 radical (unpaired) electrons. The number of Topliss-reactive ketones (excluding diaryl/α,β-unsaturated/α-hetero) is 1. The van der Waals surface area contributed by atoms with Crippen LogP contribution in [-0.2, 0) is 9.59 Å². The molecule has 0 aliphatic rings. The first-order chi connectivity index (χ1) is 9.88. The third-order valence-electron chi connectivity index (χ3n) is 2.31. The molecule has 0 heterocycles. The summed E-state index contributed by atoms with van der Waals surface area (Å²) in [7, 11) is 0. The van der Waals surface area contributed by atoms with E-state index in [4.69, 9.17) is 11.5 Å². The quantitative estimate of drug-likeness (QED) is 0.394. The number of carbonyl (C=O) groups excluding carboxylic acids is 3. The Kier molecular flexibility index (Phi) is 5.87. The fourth-order valence-electron chi connectivity index (χ4n) is 1.41. The summed E-state index contributed by atoms with van der Waals surface area (Å²) < 4.78 is 0. The van der Waals surface area contributed by atoms with Gasteiger partial charge in [0.1, 0.15) is 5.78 Å². The number of carbonyl (C=O) groups is 3. The average molecular weight is 291 g/mol. The van der Waals surface area contributed by atoms with Gasteiger partial charge in [0.15, 0.2) is 5.96 Å². The van der Waals surface area contributed by atoms with Gasteiger partial charge in [-0.15, -0.1) is 0 Å². The highest BCUT2D eigenvalue weighted by Crippen LogP contribution is 2.13. The van der Waals surface area contributed by atoms with Gasteiger partial charge < -0.3 is 22.1 Å². The number of hydrogen-bond acceptors (Lipinski definition) is 4. The van der Waals surface area contributed by atoms with Crippen molar-refractivity contribution in [1.82, 2.24) is 10.6 Å². The van der Waals surface area contributed by atoms with Crippen LogP contribution in [0.4, 0.5) is 5.69 Å². The first-order valence-electron chi connectivity index (χ1n) is 6.12. The summed E-state index contributed by atoms with van der Waals surface area (Å²) in [6.45, 7) is 1.07. The molecule has 0 spiro atoms. The maximum atomic E-state index is 11.9. The van der Waals surface area contributed by atoms with Crippen LogP contribution in [0, 0.1) is 0 Å². The number of aliphatic imine (C=N–C) groups is 1. The van der Waals surface area contributed by atoms with E-state index >= 15 is 0 Å². The van der Waals surface area contributed by atoms with Crippen molar-refractivity contribution in [3.63, 3.8) is 0 Å². The molecule has 0 saturated carbocycles. The van der Waals surface area contributed by atoms with E-state index < -0.39 is 11.8 Å². The lowest BCUT2D eigenvalue weighted by Crippen LogP contribution is -2.38. The zero-order valence-electron chi connectivity index (χ0n) is 11.6. The first-order valence-corrected chi connectivity index (χ1v) is 6.12. The van der Waals surface area contributed by atoms with Gasteiger partial charge in [0.25, 0.3) is 5.91 Å². The Morgan fingerprint density at radius 2 is 1.86 bits per heavy atom. The molecule has 0 fully saturated rings. The number of hydrogen-bond donors (Lipinski definition) is 4. The number of nitrogens with zero attached hydrogens (tertiary/aromatic N) is 1. The molecule has 0 bridgehead atoms. The molecule has 1 rings (SSSR count). The van der Waals surface area contributed by atoms with Crippen molar-refractivity contribution in [3.8, 4) is 0 Å². The smallest absolute Gasteiger partial charge is 0.251 e. The van der Waals surface area contributed by atoms with Crippen molar-refractivity contribution in [3.05, 3.63) is 29.8 Å². The number of ketones is 1. The van der Waals surface area contributed by atoms with Crippen LogP contribution in [0.25, 0.3) is 0 Å². The Labute approximate surface area is 121 Å². The van der Waals surface area contributed by atoms with Crippen molar-refractivity contribution in [2.75, 3.05) is 13.1 Å². The molecule has 21 heavy (non-hydrogen) atoms. The van der Waals surface area contributed by atoms with Crippen LogP contribution >= 0.6 is 0 Å². The lowest BCUT2D eigenvalue weighted by molar-refractivity contribution is -0.123. The minimum absolute atomic E-state index is 0.0608. The van der Waals surface area contributed by atoms with E-state index in [2.05, 4.69) is 15.6 Å². The largest absolute Gasteiger partial charge is 0.370 e. The molecule has 2 amide bonds. The molecular formula is C13H17N5O3. The van der Waals surface area contributed by atoms with Gasteiger partial charge in [-0.05, 0) is 25.1 Å². The fourth-order valence-corrected chi connectivity index (χ4v) is 1.41. The molecule has 112 valence electrons. The number of benzene rings is 1. The summed E-state index contributed by atoms with van der Waals surface area (Å²) in [6, 6.07) is 6.31. The average Bonchev–Trinajstić information content (AvgIpc) is 2.42. The van der Waals surface area contributed by atoms with Crippen molar-refractivity contribution >= 4 is 29.2 Å². The Balaban J connectivity index is 2.58. The molecule has 8 nitrogen and oxygen atoms in total. The Morgan fingerprint density at radius 3 is 2.48 bits per heavy atom. The van der Waals surface area contributed by atoms with E-state index in [1.807, 2.05) is 0 Å². The van der Waals surface area contributed by atoms with Crippen molar-refractivity contribution in [2.45, 2.75) is 6.92 Å². The highest BCUT2D eigenvalue weighted by Gasteiger charge is 2.08. The van der Waals surface area contributed by atoms with E-state index in [0.717, 1.165) is 0 Å². The monoisotopic (exact) mass is 291 g/mol. The number of guanidine groups is 1. The lowest BCUT2D eigenvalue weighted by atomic mass is 10.2. The van der Waals surface area contributed by atoms with Crippen LogP contribution < -0.4 is 22.1 Å². The van der Waals surface area contributed by atoms with Crippen LogP contribution in [0.15, 0.2) is 29.3 Å². The third-order valence-corrected chi connectivity index (χ3v) is 2.31. The van der Waals surface area contributed by atoms with Gasteiger partial charge in [0.2, 0.25) is 5.91 Å². The molecule has 1 aromatic carbocycles. The summed E-state index contributed by atoms with van der Waals surface area (Å²) in [5, 5.41) is 4.80. The molecular weight excluding hydrogens is 274 g/mol. The number of nitrogens with two attached hydrogens (primary N) is 2. The summed E-state index contributed by atoms with van der Waals surface area (Å²) in [5.74, 6) is -1.17. The topological polar surface area (TPSA) is 140 Å². The number of rotatable bonds is 6. The molecule has 8 heteroatoms. The van der Waals surface area contributed by atoms with Crippen molar-refractivity contribution in [2.24, 2.45) is 16.5 Å². The molecule has 0 aromatic heterocycles. The van der Waals surface area contributed by atoms with Gasteiger partial charge >= 0.3 is 0 Å². The minimum atomic E-state index is -0.445. The van der Waals surface area contributed by atoms with E-state index in [1.165, 1.54) is 13.0 Å². The summed E-state index contributed by atoms with van der Waals surface area (Å²) >= 11 is 0. The zero-order chi connectivity index (χ0) is 15.8. The van der Waals surface area contributed by atoms with E-state index in [-0.39, 0.29) is 24.8 Å². The molecule has 6 N–H and O–H groups in total. The van der Waals surface area contributed by atoms with Gasteiger partial charge in [-0.2, -0.15) is 0 Å². The van der Waals surface area contributed by atoms with E-state index in [1.54, 1.807) is 18.2 Å². The van der Waals surface area contributed by atoms with Gasteiger partial charge in [0, 0.05) is 5.56 Å². The predicted molar refractivity (Wildman–Crippen MR) is 77.9 cm³/mol. The van der Waals surface area contributed by atoms with E-state index in [9.17, 15) is 14.4 Å². The molecule has 1 aromatic rings. The molecule has 0 saturated heterocycles. The Bertz CT molecular complexity index is 579. The van der Waals surface area contributed by atoms with Crippen LogP contribution in [0.2, 0.25) is 0 Å². The SMILES string of the molecule is CC(=O)CNC(=O)CNC(=O)c1cccc(N=C(N)N)c1. The van der Waals surface area contributed by atoms with Gasteiger partial charge in [-0.3, -0.25) is 14.4 Å². The van der Waals surface area contributed by atoms with Crippen LogP contribution in [0.5, 0.6) is 0 Å². The van der Waals surface area contributed by atoms with Gasteiger partial charge in [0.05, 0.1) is 18.8 Å². The second kappa shape index (κ2) is 7.63. The second-order valence-electron chi connectivity index (χ2n) is 4.25. The number of amides is 2. The first kappa shape index (κ1) is 16.2. The third kappa shape index (κ3) is 6.19. The predicted octanol–water partition coefficient (Wildman–Crippen LogP) is -0.973. The second-order valence-corrected chi connectivity index (χ2v) is 4.25. The summed E-state index contributed by atoms with van der Waals surface area (Å²) in [4.78, 5) is 37.7. The molecule has 0 atom stereocenters. The highest BCUT2D eigenvalue weighted by atomic mass is 16.2. The van der Waals surface area contributed by atoms with Crippen molar-refractivity contribution < 1.29 is 14.4 Å². The van der Waals surface area contributed by atoms with Gasteiger partial charge in [-0.1, -0.05) is 6.07 Å². The Hall–Kier alpha value is -2.90. The zero-order valence-corrected chi connectivity index (χ0v) is 11.6. The highest BCUT2D eigenvalue weighted by molar-refractivity contribution is 5.97. The molecule has 0 aliphatic carbocycles. The van der Waals surface area contributed by atoms with Gasteiger partial charge in [-0.25, -0.2) is 4.99 Å². The van der Waals surface area contributed by atoms with Crippen molar-refractivity contribution in [1.29, 1.82) is 0 Å². The standard InChI is InChI=1S/C13H17N5O3/c1-8(19)6-16-11(20)7-17-12(21)9-3-2-4-10(5-9)18-13(14)15/h2-5H,6-7H2,1H3,(H,16,20)(H,17,21)(H4,14,15,18). The lowest BCUT2D eigenvalue weighted by Gasteiger charge is -2.06. The van der Waals surface area contributed by atoms with Crippen LogP contribution in [-0.4, -0.2) is 36.6 Å². The number of nitrogens with one attached hydrogen (secondary N) is 2. The molecule has 0 unspecified atom stereocenters. The normalized spacial score (nSPS) is 9.57.